The van der Waals surface area contributed by atoms with E-state index in [1.165, 1.54) is 40.6 Å². The molecule has 12 nitrogen and oxygen atoms in total. The molecule has 17 aromatic carbocycles. The molecule has 0 aliphatic rings. The molecule has 0 aliphatic carbocycles. The molecule has 145 heavy (non-hydrogen) atoms. The molecule has 0 spiro atoms. The van der Waals surface area contributed by atoms with Gasteiger partial charge in [0.25, 0.3) is 0 Å². The molecule has 0 atom stereocenters. The number of hydrogen-bond acceptors (Lipinski definition) is 14. The zero-order valence-corrected chi connectivity index (χ0v) is 90.0. The molecule has 0 saturated carbocycles. The van der Waals surface area contributed by atoms with Crippen molar-refractivity contribution in [3.05, 3.63) is 566 Å². The van der Waals surface area contributed by atoms with E-state index in [-0.39, 0.29) is 94.5 Å². The van der Waals surface area contributed by atoms with Crippen LogP contribution in [0.5, 0.6) is 0 Å². The van der Waals surface area contributed by atoms with Crippen molar-refractivity contribution in [1.29, 1.82) is 0 Å². The summed E-state index contributed by atoms with van der Waals surface area (Å²) in [7, 11) is 0. The predicted molar refractivity (Wildman–Crippen MR) is 616 cm³/mol. The summed E-state index contributed by atoms with van der Waals surface area (Å²) in [6, 6.07) is 160. The Morgan fingerprint density at radius 2 is 0.372 bits per heavy atom. The molecule has 17 aromatic rings. The fourth-order valence-corrected chi connectivity index (χ4v) is 23.6. The Kier molecular flexibility index (Phi) is 45.1. The van der Waals surface area contributed by atoms with Crippen molar-refractivity contribution in [3.63, 3.8) is 0 Å². The maximum absolute atomic E-state index is 12.9. The summed E-state index contributed by atoms with van der Waals surface area (Å²) >= 11 is 4.27. The van der Waals surface area contributed by atoms with Crippen LogP contribution >= 0.6 is 23.5 Å². The first-order valence-electron chi connectivity index (χ1n) is 46.9. The van der Waals surface area contributed by atoms with Crippen LogP contribution in [0.1, 0.15) is 90.7 Å². The van der Waals surface area contributed by atoms with E-state index in [0.29, 0.717) is 16.7 Å². The van der Waals surface area contributed by atoms with Crippen LogP contribution in [0.15, 0.2) is 558 Å². The molecule has 0 fully saturated rings. The number of hydrogen-bond donors (Lipinski definition) is 6. The average molecular weight is 2200 g/mol. The van der Waals surface area contributed by atoms with Crippen LogP contribution in [0.2, 0.25) is 0 Å². The summed E-state index contributed by atoms with van der Waals surface area (Å²) < 4.78 is 10.4. The van der Waals surface area contributed by atoms with Crippen molar-refractivity contribution in [2.45, 2.75) is 68.0 Å². The molecule has 0 bridgehead atoms. The Labute approximate surface area is 886 Å². The standard InChI is InChI=1S/C27H21NOS.C27H21NOSe.C22H19NOSe.C17H17NOS.2C17H17NOSe/c2*29-26(22-14-6-2-7-15-22)20-25(21-12-4-1-5-13-21)28-24-18-10-11-19-27(24)30-23-16-8-3-9-17-23;1-17(16-21(24)18-10-4-2-5-11-18)23-20-14-8-9-15-22(20)25-19-12-6-3-7-13-19;3*1-13(12-14(2)19)18-16-10-6-7-11-17(16)20-15-8-4-3-5-9-15/h2*1-20,28H;2-16,23H,1H3;3*3-12,18H,1-2H3/b2*25-20-;17-16-;3*13-12-. The summed E-state index contributed by atoms with van der Waals surface area (Å²) in [6.45, 7) is 12.3. The second-order valence-electron chi connectivity index (χ2n) is 32.4. The van der Waals surface area contributed by atoms with Gasteiger partial charge in [-0.1, -0.05) is 145 Å². The van der Waals surface area contributed by atoms with E-state index in [4.69, 9.17) is 0 Å². The first-order chi connectivity index (χ1) is 70.7. The van der Waals surface area contributed by atoms with Crippen molar-refractivity contribution in [1.82, 2.24) is 0 Å². The summed E-state index contributed by atoms with van der Waals surface area (Å²) in [6.07, 6.45) is 9.86. The third kappa shape index (κ3) is 38.9. The van der Waals surface area contributed by atoms with Gasteiger partial charge in [0.1, 0.15) is 0 Å². The molecule has 0 heterocycles. The van der Waals surface area contributed by atoms with E-state index >= 15 is 0 Å². The van der Waals surface area contributed by atoms with Gasteiger partial charge in [0.15, 0.2) is 11.6 Å². The number of carbonyl (C=O) groups excluding carboxylic acids is 6. The zero-order chi connectivity index (χ0) is 102. The molecule has 0 unspecified atom stereocenters. The first kappa shape index (κ1) is 109. The van der Waals surface area contributed by atoms with Gasteiger partial charge in [-0.25, -0.2) is 0 Å². The van der Waals surface area contributed by atoms with Crippen molar-refractivity contribution >= 4 is 199 Å². The van der Waals surface area contributed by atoms with Crippen LogP contribution in [-0.2, 0) is 14.4 Å². The number of anilines is 6. The molecular formula is C127H112N6O6S2Se4. The number of benzene rings is 17. The number of allylic oxidation sites excluding steroid dienone is 10. The third-order valence-electron chi connectivity index (χ3n) is 20.5. The normalized spacial score (nSPS) is 11.2. The van der Waals surface area contributed by atoms with Gasteiger partial charge in [-0.3, -0.25) is 9.59 Å². The van der Waals surface area contributed by atoms with Gasteiger partial charge in [0.05, 0.1) is 11.4 Å². The Morgan fingerprint density at radius 1 is 0.186 bits per heavy atom. The van der Waals surface area contributed by atoms with Gasteiger partial charge in [-0.05, 0) is 74.0 Å². The number of rotatable bonds is 35. The van der Waals surface area contributed by atoms with Gasteiger partial charge in [-0.2, -0.15) is 0 Å². The zero-order valence-electron chi connectivity index (χ0n) is 81.5. The van der Waals surface area contributed by atoms with E-state index in [9.17, 15) is 28.8 Å². The van der Waals surface area contributed by atoms with E-state index in [2.05, 4.69) is 238 Å². The van der Waals surface area contributed by atoms with E-state index < -0.39 is 0 Å². The van der Waals surface area contributed by atoms with Crippen LogP contribution in [-0.4, -0.2) is 94.5 Å². The van der Waals surface area contributed by atoms with Crippen molar-refractivity contribution < 1.29 is 28.8 Å². The molecular weight excluding hydrogens is 2090 g/mol. The fraction of sp³-hybridized carbons (Fsp3) is 0.0551. The molecule has 17 rings (SSSR count). The monoisotopic (exact) mass is 2200 g/mol. The first-order valence-corrected chi connectivity index (χ1v) is 55.4. The molecule has 18 heteroatoms. The van der Waals surface area contributed by atoms with Crippen molar-refractivity contribution in [2.24, 2.45) is 0 Å². The van der Waals surface area contributed by atoms with Crippen LogP contribution in [0, 0.1) is 0 Å². The Morgan fingerprint density at radius 3 is 0.641 bits per heavy atom. The summed E-state index contributed by atoms with van der Waals surface area (Å²) in [5, 5.41) is 20.3. The summed E-state index contributed by atoms with van der Waals surface area (Å²) in [5.41, 5.74) is 15.2. The van der Waals surface area contributed by atoms with Gasteiger partial charge >= 0.3 is 590 Å². The Hall–Kier alpha value is -15.2. The molecule has 0 radical (unpaired) electrons. The molecule has 6 N–H and O–H groups in total. The van der Waals surface area contributed by atoms with Gasteiger partial charge in [0, 0.05) is 42.6 Å². The number of carbonyl (C=O) groups is 6. The Balaban J connectivity index is 0.000000156. The number of para-hydroxylation sites is 6. The molecule has 0 aromatic heterocycles. The summed E-state index contributed by atoms with van der Waals surface area (Å²) in [4.78, 5) is 76.0. The van der Waals surface area contributed by atoms with Crippen LogP contribution in [0.4, 0.5) is 34.1 Å². The molecule has 0 aliphatic heterocycles. The molecule has 0 amide bonds. The number of ketones is 6. The van der Waals surface area contributed by atoms with Gasteiger partial charge < -0.3 is 10.6 Å². The van der Waals surface area contributed by atoms with Gasteiger partial charge in [0.2, 0.25) is 0 Å². The third-order valence-corrected chi connectivity index (χ3v) is 31.8. The molecule has 0 saturated heterocycles. The van der Waals surface area contributed by atoms with Crippen LogP contribution in [0.3, 0.4) is 0 Å². The van der Waals surface area contributed by atoms with Crippen molar-refractivity contribution in [3.8, 4) is 0 Å². The van der Waals surface area contributed by atoms with E-state index in [0.717, 1.165) is 94.1 Å². The van der Waals surface area contributed by atoms with Crippen LogP contribution in [0.25, 0.3) is 11.4 Å². The molecule has 722 valence electrons. The second-order valence-corrected chi connectivity index (χ2v) is 44.0. The Bertz CT molecular complexity index is 6760. The average Bonchev–Trinajstić information content (AvgIpc) is 0.825. The second kappa shape index (κ2) is 60.3. The minimum atomic E-state index is -0.0323. The van der Waals surface area contributed by atoms with E-state index in [1.807, 2.05) is 301 Å². The van der Waals surface area contributed by atoms with Crippen LogP contribution < -0.4 is 67.6 Å². The number of nitrogens with one attached hydrogen (secondary N) is 6. The quantitative estimate of drug-likeness (QED) is 0.0126. The SMILES string of the molecule is C/C(=C/C(=O)c1ccccc1)Nc1ccccc1[Se]c1ccccc1.CC(=O)/C=C(/C)Nc1ccccc1Sc1ccccc1.CC(=O)/C=C(/C)Nc1ccccc1[Se]c1ccccc1.CC(=O)/C=C(/C)Nc1ccccc1[Se]c1ccccc1.O=C(/C=C(\Nc1ccccc1Sc1ccccc1)c1ccccc1)c1ccccc1.O=C(/C=C(\Nc1ccccc1[Se]c1ccccc1)c1ccccc1)c1ccccc1. The van der Waals surface area contributed by atoms with Gasteiger partial charge in [-0.15, -0.1) is 0 Å². The van der Waals surface area contributed by atoms with Crippen molar-refractivity contribution in [2.75, 3.05) is 31.9 Å². The topological polar surface area (TPSA) is 175 Å². The predicted octanol–water partition coefficient (Wildman–Crippen LogP) is 24.6. The maximum atomic E-state index is 12.9. The summed E-state index contributed by atoms with van der Waals surface area (Å²) in [5.74, 6) is 0.116. The fourth-order valence-electron chi connectivity index (χ4n) is 14.0. The minimum absolute atomic E-state index is 0.0108. The van der Waals surface area contributed by atoms with E-state index in [1.54, 1.807) is 80.8 Å².